The Morgan fingerprint density at radius 2 is 1.79 bits per heavy atom. The second-order valence-electron chi connectivity index (χ2n) is 4.84. The van der Waals surface area contributed by atoms with Gasteiger partial charge in [-0.1, -0.05) is 12.8 Å². The molecule has 1 saturated carbocycles. The third-order valence-electron chi connectivity index (χ3n) is 3.40. The number of hydrogen-bond donors (Lipinski definition) is 1. The van der Waals surface area contributed by atoms with Crippen LogP contribution in [0.25, 0.3) is 0 Å². The van der Waals surface area contributed by atoms with Crippen LogP contribution in [0.2, 0.25) is 0 Å². The van der Waals surface area contributed by atoms with E-state index in [-0.39, 0.29) is 17.7 Å². The molecule has 0 saturated heterocycles. The lowest BCUT2D eigenvalue weighted by Crippen LogP contribution is -2.38. The molecule has 0 aliphatic heterocycles. The number of hydrogen-bond acceptors (Lipinski definition) is 3. The van der Waals surface area contributed by atoms with E-state index in [0.717, 1.165) is 37.8 Å². The van der Waals surface area contributed by atoms with Crippen molar-refractivity contribution in [3.05, 3.63) is 29.3 Å². The molecule has 0 bridgehead atoms. The predicted octanol–water partition coefficient (Wildman–Crippen LogP) is 2.88. The summed E-state index contributed by atoms with van der Waals surface area (Å²) in [5.74, 6) is -2.14. The lowest BCUT2D eigenvalue weighted by molar-refractivity contribution is 0.149. The van der Waals surface area contributed by atoms with Gasteiger partial charge < -0.3 is 10.5 Å². The molecule has 5 heteroatoms. The van der Waals surface area contributed by atoms with Crippen LogP contribution < -0.4 is 10.5 Å². The molecule has 1 fully saturated rings. The summed E-state index contributed by atoms with van der Waals surface area (Å²) in [4.78, 5) is 0. The van der Waals surface area contributed by atoms with E-state index in [1.165, 1.54) is 0 Å². The van der Waals surface area contributed by atoms with Crippen LogP contribution in [0.3, 0.4) is 0 Å². The lowest BCUT2D eigenvalue weighted by Gasteiger charge is -2.23. The maximum Gasteiger partial charge on any atom is 0.191 e. The van der Waals surface area contributed by atoms with Gasteiger partial charge in [-0.25, -0.2) is 8.78 Å². The SMILES string of the molecule is N#Cc1cc(F)c(OC2CCCCCC2N)c(F)c1. The highest BCUT2D eigenvalue weighted by atomic mass is 19.1. The first-order valence-corrected chi connectivity index (χ1v) is 6.43. The Morgan fingerprint density at radius 3 is 2.42 bits per heavy atom. The third-order valence-corrected chi connectivity index (χ3v) is 3.40. The Bertz CT molecular complexity index is 476. The van der Waals surface area contributed by atoms with Gasteiger partial charge in [0, 0.05) is 6.04 Å². The Kier molecular flexibility index (Phi) is 4.33. The van der Waals surface area contributed by atoms with Gasteiger partial charge in [-0.3, -0.25) is 0 Å². The van der Waals surface area contributed by atoms with Crippen LogP contribution in [0.5, 0.6) is 5.75 Å². The van der Waals surface area contributed by atoms with Gasteiger partial charge in [0.1, 0.15) is 6.10 Å². The first kappa shape index (κ1) is 13.8. The number of nitrogens with two attached hydrogens (primary N) is 1. The summed E-state index contributed by atoms with van der Waals surface area (Å²) in [5.41, 5.74) is 5.90. The lowest BCUT2D eigenvalue weighted by atomic mass is 10.1. The van der Waals surface area contributed by atoms with Crippen LogP contribution in [-0.2, 0) is 0 Å². The highest BCUT2D eigenvalue weighted by Gasteiger charge is 2.25. The van der Waals surface area contributed by atoms with E-state index in [1.807, 2.05) is 0 Å². The second kappa shape index (κ2) is 5.98. The van der Waals surface area contributed by atoms with Gasteiger partial charge in [0.2, 0.25) is 0 Å². The standard InChI is InChI=1S/C14H16F2N2O/c15-10-6-9(8-17)7-11(16)14(10)19-13-5-3-1-2-4-12(13)18/h6-7,12-13H,1-5,18H2. The summed E-state index contributed by atoms with van der Waals surface area (Å²) in [6.07, 6.45) is 4.13. The Morgan fingerprint density at radius 1 is 1.16 bits per heavy atom. The van der Waals surface area contributed by atoms with E-state index in [1.54, 1.807) is 6.07 Å². The Hall–Kier alpha value is -1.67. The molecule has 2 N–H and O–H groups in total. The molecule has 1 aliphatic carbocycles. The van der Waals surface area contributed by atoms with Crippen molar-refractivity contribution in [2.45, 2.75) is 44.2 Å². The topological polar surface area (TPSA) is 59.0 Å². The van der Waals surface area contributed by atoms with Gasteiger partial charge in [-0.05, 0) is 31.4 Å². The van der Waals surface area contributed by atoms with E-state index < -0.39 is 17.4 Å². The predicted molar refractivity (Wildman–Crippen MR) is 66.5 cm³/mol. The minimum atomic E-state index is -0.854. The molecule has 2 atom stereocenters. The Balaban J connectivity index is 2.20. The number of halogens is 2. The molecule has 1 aromatic rings. The number of nitriles is 1. The smallest absolute Gasteiger partial charge is 0.191 e. The summed E-state index contributed by atoms with van der Waals surface area (Å²) >= 11 is 0. The summed E-state index contributed by atoms with van der Waals surface area (Å²) in [7, 11) is 0. The van der Waals surface area contributed by atoms with Gasteiger partial charge in [0.05, 0.1) is 11.6 Å². The summed E-state index contributed by atoms with van der Waals surface area (Å²) < 4.78 is 32.9. The number of ether oxygens (including phenoxy) is 1. The fraction of sp³-hybridized carbons (Fsp3) is 0.500. The molecule has 2 unspecified atom stereocenters. The van der Waals surface area contributed by atoms with Crippen molar-refractivity contribution in [1.82, 2.24) is 0 Å². The number of rotatable bonds is 2. The molecule has 0 aromatic heterocycles. The summed E-state index contributed by atoms with van der Waals surface area (Å²) in [5, 5.41) is 8.63. The van der Waals surface area contributed by atoms with Crippen LogP contribution in [-0.4, -0.2) is 12.1 Å². The van der Waals surface area contributed by atoms with Gasteiger partial charge in [-0.15, -0.1) is 0 Å². The van der Waals surface area contributed by atoms with Crippen LogP contribution in [0.15, 0.2) is 12.1 Å². The van der Waals surface area contributed by atoms with Crippen molar-refractivity contribution >= 4 is 0 Å². The van der Waals surface area contributed by atoms with Crippen molar-refractivity contribution < 1.29 is 13.5 Å². The number of nitrogens with zero attached hydrogens (tertiary/aromatic N) is 1. The first-order chi connectivity index (χ1) is 9.11. The highest BCUT2D eigenvalue weighted by Crippen LogP contribution is 2.27. The second-order valence-corrected chi connectivity index (χ2v) is 4.84. The quantitative estimate of drug-likeness (QED) is 0.837. The number of benzene rings is 1. The van der Waals surface area contributed by atoms with Crippen molar-refractivity contribution in [2.75, 3.05) is 0 Å². The van der Waals surface area contributed by atoms with E-state index in [0.29, 0.717) is 6.42 Å². The van der Waals surface area contributed by atoms with E-state index in [9.17, 15) is 8.78 Å². The summed E-state index contributed by atoms with van der Waals surface area (Å²) in [6, 6.07) is 3.43. The monoisotopic (exact) mass is 266 g/mol. The molecular weight excluding hydrogens is 250 g/mol. The zero-order valence-corrected chi connectivity index (χ0v) is 10.5. The van der Waals surface area contributed by atoms with E-state index >= 15 is 0 Å². The first-order valence-electron chi connectivity index (χ1n) is 6.43. The van der Waals surface area contributed by atoms with Crippen molar-refractivity contribution in [3.63, 3.8) is 0 Å². The molecule has 0 radical (unpaired) electrons. The van der Waals surface area contributed by atoms with Crippen LogP contribution >= 0.6 is 0 Å². The highest BCUT2D eigenvalue weighted by molar-refractivity contribution is 5.37. The minimum absolute atomic E-state index is 0.0625. The third kappa shape index (κ3) is 3.21. The fourth-order valence-electron chi connectivity index (χ4n) is 2.34. The van der Waals surface area contributed by atoms with Crippen LogP contribution in [0.1, 0.15) is 37.7 Å². The fourth-order valence-corrected chi connectivity index (χ4v) is 2.34. The van der Waals surface area contributed by atoms with Gasteiger partial charge >= 0.3 is 0 Å². The van der Waals surface area contributed by atoms with Crippen LogP contribution in [0.4, 0.5) is 8.78 Å². The maximum absolute atomic E-state index is 13.7. The van der Waals surface area contributed by atoms with E-state index in [4.69, 9.17) is 15.7 Å². The average Bonchev–Trinajstić information content (AvgIpc) is 2.58. The van der Waals surface area contributed by atoms with Gasteiger partial charge in [-0.2, -0.15) is 5.26 Å². The Labute approximate surface area is 111 Å². The van der Waals surface area contributed by atoms with Gasteiger partial charge in [0.15, 0.2) is 17.4 Å². The van der Waals surface area contributed by atoms with E-state index in [2.05, 4.69) is 0 Å². The molecule has 0 spiro atoms. The van der Waals surface area contributed by atoms with Crippen molar-refractivity contribution in [2.24, 2.45) is 5.73 Å². The largest absolute Gasteiger partial charge is 0.483 e. The van der Waals surface area contributed by atoms with Crippen LogP contribution in [0, 0.1) is 23.0 Å². The molecule has 0 amide bonds. The minimum Gasteiger partial charge on any atom is -0.483 e. The molecule has 102 valence electrons. The van der Waals surface area contributed by atoms with Crippen molar-refractivity contribution in [3.8, 4) is 11.8 Å². The van der Waals surface area contributed by atoms with Gasteiger partial charge in [0.25, 0.3) is 0 Å². The zero-order valence-electron chi connectivity index (χ0n) is 10.5. The van der Waals surface area contributed by atoms with Crippen molar-refractivity contribution in [1.29, 1.82) is 5.26 Å². The molecular formula is C14H16F2N2O. The zero-order chi connectivity index (χ0) is 13.8. The molecule has 0 heterocycles. The average molecular weight is 266 g/mol. The molecule has 19 heavy (non-hydrogen) atoms. The molecule has 1 aromatic carbocycles. The molecule has 3 nitrogen and oxygen atoms in total. The molecule has 1 aliphatic rings. The maximum atomic E-state index is 13.7. The molecule has 2 rings (SSSR count). The summed E-state index contributed by atoms with van der Waals surface area (Å²) in [6.45, 7) is 0. The normalized spacial score (nSPS) is 23.5.